The molecule has 0 radical (unpaired) electrons. The maximum Gasteiger partial charge on any atom is 0.252 e. The summed E-state index contributed by atoms with van der Waals surface area (Å²) in [4.78, 5) is 28.9. The molecule has 0 bridgehead atoms. The molecule has 0 spiro atoms. The van der Waals surface area contributed by atoms with Crippen molar-refractivity contribution in [1.82, 2.24) is 10.3 Å². The summed E-state index contributed by atoms with van der Waals surface area (Å²) in [6.45, 7) is 1.88. The first-order valence-corrected chi connectivity index (χ1v) is 9.45. The molecule has 1 aromatic heterocycles. The third kappa shape index (κ3) is 5.07. The Bertz CT molecular complexity index is 659. The van der Waals surface area contributed by atoms with Gasteiger partial charge in [-0.1, -0.05) is 18.2 Å². The number of aryl methyl sites for hydroxylation is 1. The van der Waals surface area contributed by atoms with Crippen LogP contribution >= 0.6 is 23.1 Å². The van der Waals surface area contributed by atoms with Crippen LogP contribution in [0, 0.1) is 6.92 Å². The zero-order valence-corrected chi connectivity index (χ0v) is 14.7. The van der Waals surface area contributed by atoms with Crippen LogP contribution in [0.3, 0.4) is 0 Å². The van der Waals surface area contributed by atoms with Gasteiger partial charge in [-0.15, -0.1) is 11.3 Å². The van der Waals surface area contributed by atoms with E-state index in [0.29, 0.717) is 17.1 Å². The molecular formula is C16H19N3O2S2. The number of carbonyl (C=O) groups is 2. The third-order valence-electron chi connectivity index (χ3n) is 3.28. The first-order chi connectivity index (χ1) is 11.1. The Morgan fingerprint density at radius 3 is 2.78 bits per heavy atom. The molecule has 0 aliphatic carbocycles. The van der Waals surface area contributed by atoms with Gasteiger partial charge in [0.1, 0.15) is 6.04 Å². The van der Waals surface area contributed by atoms with Crippen LogP contribution in [0.15, 0.2) is 35.8 Å². The van der Waals surface area contributed by atoms with E-state index < -0.39 is 6.04 Å². The van der Waals surface area contributed by atoms with Gasteiger partial charge in [0.15, 0.2) is 5.13 Å². The van der Waals surface area contributed by atoms with E-state index in [9.17, 15) is 9.59 Å². The highest BCUT2D eigenvalue weighted by Gasteiger charge is 2.22. The molecule has 1 aromatic carbocycles. The van der Waals surface area contributed by atoms with Gasteiger partial charge in [-0.25, -0.2) is 4.98 Å². The van der Waals surface area contributed by atoms with Gasteiger partial charge in [-0.05, 0) is 37.0 Å². The van der Waals surface area contributed by atoms with E-state index in [-0.39, 0.29) is 11.8 Å². The smallest absolute Gasteiger partial charge is 0.252 e. The molecule has 0 saturated carbocycles. The maximum atomic E-state index is 12.4. The molecule has 7 heteroatoms. The number of aromatic nitrogens is 1. The summed E-state index contributed by atoms with van der Waals surface area (Å²) in [5.74, 6) is 0.309. The van der Waals surface area contributed by atoms with Crippen molar-refractivity contribution in [1.29, 1.82) is 0 Å². The van der Waals surface area contributed by atoms with E-state index >= 15 is 0 Å². The second kappa shape index (κ2) is 8.69. The van der Waals surface area contributed by atoms with Crippen molar-refractivity contribution in [3.05, 3.63) is 47.0 Å². The number of nitrogens with one attached hydrogen (secondary N) is 2. The zero-order chi connectivity index (χ0) is 16.7. The second-order valence-electron chi connectivity index (χ2n) is 4.95. The van der Waals surface area contributed by atoms with Gasteiger partial charge in [0.05, 0.1) is 0 Å². The molecule has 0 aliphatic heterocycles. The lowest BCUT2D eigenvalue weighted by molar-refractivity contribution is -0.118. The Labute approximate surface area is 143 Å². The number of benzene rings is 1. The lowest BCUT2D eigenvalue weighted by Crippen LogP contribution is -2.44. The van der Waals surface area contributed by atoms with Crippen LogP contribution in [0.1, 0.15) is 22.3 Å². The molecule has 1 atom stereocenters. The molecule has 0 saturated heterocycles. The summed E-state index contributed by atoms with van der Waals surface area (Å²) in [6, 6.07) is 6.75. The minimum atomic E-state index is -0.585. The number of thiazole rings is 1. The molecule has 2 rings (SSSR count). The molecule has 2 N–H and O–H groups in total. The number of rotatable bonds is 7. The van der Waals surface area contributed by atoms with Gasteiger partial charge in [0, 0.05) is 17.1 Å². The van der Waals surface area contributed by atoms with Crippen LogP contribution in [-0.2, 0) is 4.79 Å². The van der Waals surface area contributed by atoms with Gasteiger partial charge in [0.25, 0.3) is 5.91 Å². The van der Waals surface area contributed by atoms with E-state index in [1.165, 1.54) is 11.3 Å². The van der Waals surface area contributed by atoms with Gasteiger partial charge < -0.3 is 10.6 Å². The van der Waals surface area contributed by atoms with Crippen molar-refractivity contribution in [3.63, 3.8) is 0 Å². The Kier molecular flexibility index (Phi) is 6.61. The fourth-order valence-corrected chi connectivity index (χ4v) is 3.05. The van der Waals surface area contributed by atoms with E-state index in [1.807, 2.05) is 31.4 Å². The van der Waals surface area contributed by atoms with Crippen molar-refractivity contribution in [2.45, 2.75) is 19.4 Å². The Balaban J connectivity index is 2.07. The molecule has 2 aromatic rings. The molecule has 0 fully saturated rings. The summed E-state index contributed by atoms with van der Waals surface area (Å²) >= 11 is 2.99. The number of carbonyl (C=O) groups excluding carboxylic acids is 2. The van der Waals surface area contributed by atoms with Gasteiger partial charge >= 0.3 is 0 Å². The highest BCUT2D eigenvalue weighted by molar-refractivity contribution is 7.98. The maximum absolute atomic E-state index is 12.4. The van der Waals surface area contributed by atoms with Crippen LogP contribution in [-0.4, -0.2) is 34.8 Å². The zero-order valence-electron chi connectivity index (χ0n) is 13.0. The molecule has 122 valence electrons. The monoisotopic (exact) mass is 349 g/mol. The van der Waals surface area contributed by atoms with Crippen LogP contribution in [0.25, 0.3) is 0 Å². The van der Waals surface area contributed by atoms with Crippen molar-refractivity contribution in [3.8, 4) is 0 Å². The molecular weight excluding hydrogens is 330 g/mol. The molecule has 2 amide bonds. The Morgan fingerprint density at radius 2 is 2.13 bits per heavy atom. The summed E-state index contributed by atoms with van der Waals surface area (Å²) in [5, 5.41) is 7.91. The van der Waals surface area contributed by atoms with Crippen LogP contribution in [0.2, 0.25) is 0 Å². The quantitative estimate of drug-likeness (QED) is 0.806. The predicted molar refractivity (Wildman–Crippen MR) is 96.2 cm³/mol. The standard InChI is InChI=1S/C16H19N3O2S2/c1-11-5-3-4-6-12(11)14(20)18-13(7-9-22-2)15(21)19-16-17-8-10-23-16/h3-6,8,10,13H,7,9H2,1-2H3,(H,18,20)(H,17,19,21)/t13-/m1/s1. The number of nitrogens with zero attached hydrogens (tertiary/aromatic N) is 1. The minimum absolute atomic E-state index is 0.233. The van der Waals surface area contributed by atoms with E-state index in [0.717, 1.165) is 11.3 Å². The first kappa shape index (κ1) is 17.5. The number of anilines is 1. The van der Waals surface area contributed by atoms with Crippen LogP contribution in [0.5, 0.6) is 0 Å². The minimum Gasteiger partial charge on any atom is -0.340 e. The highest BCUT2D eigenvalue weighted by Crippen LogP contribution is 2.13. The molecule has 0 unspecified atom stereocenters. The fourth-order valence-electron chi connectivity index (χ4n) is 2.05. The summed E-state index contributed by atoms with van der Waals surface area (Å²) in [6.07, 6.45) is 4.16. The van der Waals surface area contributed by atoms with Gasteiger partial charge in [-0.2, -0.15) is 11.8 Å². The predicted octanol–water partition coefficient (Wildman–Crippen LogP) is 2.94. The number of hydrogen-bond donors (Lipinski definition) is 2. The topological polar surface area (TPSA) is 71.1 Å². The molecule has 23 heavy (non-hydrogen) atoms. The van der Waals surface area contributed by atoms with Crippen LogP contribution in [0.4, 0.5) is 5.13 Å². The van der Waals surface area contributed by atoms with E-state index in [1.54, 1.807) is 29.4 Å². The lowest BCUT2D eigenvalue weighted by atomic mass is 10.1. The van der Waals surface area contributed by atoms with E-state index in [4.69, 9.17) is 0 Å². The number of amides is 2. The molecule has 1 heterocycles. The number of hydrogen-bond acceptors (Lipinski definition) is 5. The van der Waals surface area contributed by atoms with Crippen molar-refractivity contribution in [2.24, 2.45) is 0 Å². The Morgan fingerprint density at radius 1 is 1.35 bits per heavy atom. The normalized spacial score (nSPS) is 11.7. The first-order valence-electron chi connectivity index (χ1n) is 7.17. The number of thioether (sulfide) groups is 1. The van der Waals surface area contributed by atoms with Crippen LogP contribution < -0.4 is 10.6 Å². The summed E-state index contributed by atoms with van der Waals surface area (Å²) in [7, 11) is 0. The summed E-state index contributed by atoms with van der Waals surface area (Å²) in [5.41, 5.74) is 1.47. The lowest BCUT2D eigenvalue weighted by Gasteiger charge is -2.18. The van der Waals surface area contributed by atoms with Crippen molar-refractivity contribution in [2.75, 3.05) is 17.3 Å². The van der Waals surface area contributed by atoms with Gasteiger partial charge in [-0.3, -0.25) is 9.59 Å². The summed E-state index contributed by atoms with van der Waals surface area (Å²) < 4.78 is 0. The van der Waals surface area contributed by atoms with Gasteiger partial charge in [0.2, 0.25) is 5.91 Å². The van der Waals surface area contributed by atoms with E-state index in [2.05, 4.69) is 15.6 Å². The molecule has 5 nitrogen and oxygen atoms in total. The molecule has 0 aliphatic rings. The average molecular weight is 349 g/mol. The third-order valence-corrected chi connectivity index (χ3v) is 4.62. The second-order valence-corrected chi connectivity index (χ2v) is 6.83. The van der Waals surface area contributed by atoms with Crippen molar-refractivity contribution < 1.29 is 9.59 Å². The Hall–Kier alpha value is -1.86. The fraction of sp³-hybridized carbons (Fsp3) is 0.312. The van der Waals surface area contributed by atoms with Crippen molar-refractivity contribution >= 4 is 40.0 Å². The largest absolute Gasteiger partial charge is 0.340 e. The SMILES string of the molecule is CSCC[C@@H](NC(=O)c1ccccc1C)C(=O)Nc1nccs1. The highest BCUT2D eigenvalue weighted by atomic mass is 32.2. The average Bonchev–Trinajstić information content (AvgIpc) is 3.04.